The number of nitrogens with zero attached hydrogens (tertiary/aromatic N) is 1. The molecule has 4 nitrogen and oxygen atoms in total. The summed E-state index contributed by atoms with van der Waals surface area (Å²) in [4.78, 5) is 14.6. The van der Waals surface area contributed by atoms with Crippen LogP contribution in [-0.2, 0) is 11.2 Å². The Labute approximate surface area is 124 Å². The first-order valence-corrected chi connectivity index (χ1v) is 7.46. The van der Waals surface area contributed by atoms with Gasteiger partial charge in [0.15, 0.2) is 0 Å². The fourth-order valence-electron chi connectivity index (χ4n) is 3.01. The van der Waals surface area contributed by atoms with Crippen LogP contribution in [0.5, 0.6) is 0 Å². The number of carbonyl (C=O) groups excluding carboxylic acids is 1. The molecule has 2 aromatic carbocycles. The fourth-order valence-corrected chi connectivity index (χ4v) is 3.01. The molecule has 110 valence electrons. The van der Waals surface area contributed by atoms with Gasteiger partial charge in [-0.1, -0.05) is 42.5 Å². The van der Waals surface area contributed by atoms with Gasteiger partial charge in [-0.05, 0) is 16.3 Å². The minimum Gasteiger partial charge on any atom is -0.336 e. The molecule has 1 unspecified atom stereocenters. The number of hydrogen-bond acceptors (Lipinski definition) is 3. The molecular formula is C17H21N3O. The van der Waals surface area contributed by atoms with Crippen LogP contribution in [0, 0.1) is 0 Å². The normalized spacial score (nSPS) is 18.9. The van der Waals surface area contributed by atoms with E-state index in [1.165, 1.54) is 5.39 Å². The molecule has 0 aliphatic carbocycles. The average Bonchev–Trinajstić information content (AvgIpc) is 2.55. The molecule has 3 rings (SSSR count). The third-order valence-corrected chi connectivity index (χ3v) is 4.16. The Morgan fingerprint density at radius 3 is 2.90 bits per heavy atom. The van der Waals surface area contributed by atoms with Crippen LogP contribution in [0.25, 0.3) is 10.8 Å². The molecule has 1 fully saturated rings. The van der Waals surface area contributed by atoms with Crippen molar-refractivity contribution >= 4 is 16.7 Å². The second-order valence-corrected chi connectivity index (χ2v) is 5.50. The highest BCUT2D eigenvalue weighted by Crippen LogP contribution is 2.20. The molecule has 0 spiro atoms. The van der Waals surface area contributed by atoms with Crippen molar-refractivity contribution in [1.82, 2.24) is 10.2 Å². The smallest absolute Gasteiger partial charge is 0.227 e. The summed E-state index contributed by atoms with van der Waals surface area (Å²) in [6.45, 7) is 2.88. The Kier molecular flexibility index (Phi) is 4.18. The van der Waals surface area contributed by atoms with Gasteiger partial charge in [0.1, 0.15) is 0 Å². The number of fused-ring (bicyclic) bond motifs is 1. The lowest BCUT2D eigenvalue weighted by Crippen LogP contribution is -2.56. The molecular weight excluding hydrogens is 262 g/mol. The summed E-state index contributed by atoms with van der Waals surface area (Å²) in [5, 5.41) is 5.63. The fraction of sp³-hybridized carbons (Fsp3) is 0.353. The molecule has 2 aromatic rings. The van der Waals surface area contributed by atoms with Gasteiger partial charge in [-0.15, -0.1) is 0 Å². The first-order chi connectivity index (χ1) is 10.3. The van der Waals surface area contributed by atoms with E-state index >= 15 is 0 Å². The van der Waals surface area contributed by atoms with Gasteiger partial charge in [0.05, 0.1) is 12.5 Å². The van der Waals surface area contributed by atoms with Crippen LogP contribution in [0.3, 0.4) is 0 Å². The zero-order valence-corrected chi connectivity index (χ0v) is 12.1. The van der Waals surface area contributed by atoms with Crippen LogP contribution in [0.2, 0.25) is 0 Å². The summed E-state index contributed by atoms with van der Waals surface area (Å²) >= 11 is 0. The van der Waals surface area contributed by atoms with Crippen molar-refractivity contribution in [3.63, 3.8) is 0 Å². The molecule has 0 radical (unpaired) electrons. The van der Waals surface area contributed by atoms with Gasteiger partial charge in [0, 0.05) is 26.2 Å². The molecule has 1 amide bonds. The molecule has 1 aliphatic rings. The van der Waals surface area contributed by atoms with Crippen molar-refractivity contribution in [1.29, 1.82) is 0 Å². The standard InChI is InChI=1S/C17H21N3O/c18-11-15-12-19-8-9-20(15)17(21)10-14-6-3-5-13-4-1-2-7-16(13)14/h1-7,15,19H,8-12,18H2. The van der Waals surface area contributed by atoms with E-state index in [1.54, 1.807) is 0 Å². The van der Waals surface area contributed by atoms with Gasteiger partial charge in [-0.2, -0.15) is 0 Å². The highest BCUT2D eigenvalue weighted by molar-refractivity contribution is 5.90. The van der Waals surface area contributed by atoms with Crippen LogP contribution in [-0.4, -0.2) is 43.0 Å². The maximum Gasteiger partial charge on any atom is 0.227 e. The van der Waals surface area contributed by atoms with Gasteiger partial charge >= 0.3 is 0 Å². The van der Waals surface area contributed by atoms with Crippen molar-refractivity contribution in [3.05, 3.63) is 48.0 Å². The van der Waals surface area contributed by atoms with E-state index in [0.29, 0.717) is 13.0 Å². The van der Waals surface area contributed by atoms with Gasteiger partial charge in [0.2, 0.25) is 5.91 Å². The number of rotatable bonds is 3. The number of piperazine rings is 1. The van der Waals surface area contributed by atoms with E-state index in [-0.39, 0.29) is 11.9 Å². The number of nitrogens with one attached hydrogen (secondary N) is 1. The van der Waals surface area contributed by atoms with Crippen LogP contribution in [0.4, 0.5) is 0 Å². The predicted molar refractivity (Wildman–Crippen MR) is 85.1 cm³/mol. The lowest BCUT2D eigenvalue weighted by Gasteiger charge is -2.35. The van der Waals surface area contributed by atoms with Crippen molar-refractivity contribution < 1.29 is 4.79 Å². The SMILES string of the molecule is NCC1CNCCN1C(=O)Cc1cccc2ccccc12. The summed E-state index contributed by atoms with van der Waals surface area (Å²) in [6.07, 6.45) is 0.442. The molecule has 4 heteroatoms. The number of nitrogens with two attached hydrogens (primary N) is 1. The van der Waals surface area contributed by atoms with Crippen molar-refractivity contribution in [2.24, 2.45) is 5.73 Å². The first-order valence-electron chi connectivity index (χ1n) is 7.46. The maximum absolute atomic E-state index is 12.6. The number of hydrogen-bond donors (Lipinski definition) is 2. The van der Waals surface area contributed by atoms with E-state index in [2.05, 4.69) is 23.5 Å². The Hall–Kier alpha value is -1.91. The maximum atomic E-state index is 12.6. The molecule has 0 saturated carbocycles. The van der Waals surface area contributed by atoms with Crippen molar-refractivity contribution in [3.8, 4) is 0 Å². The van der Waals surface area contributed by atoms with Gasteiger partial charge in [0.25, 0.3) is 0 Å². The Bertz CT molecular complexity index is 635. The highest BCUT2D eigenvalue weighted by atomic mass is 16.2. The molecule has 1 saturated heterocycles. The third-order valence-electron chi connectivity index (χ3n) is 4.16. The van der Waals surface area contributed by atoms with E-state index in [1.807, 2.05) is 29.2 Å². The quantitative estimate of drug-likeness (QED) is 0.888. The predicted octanol–water partition coefficient (Wildman–Crippen LogP) is 1.14. The number of amides is 1. The number of carbonyl (C=O) groups is 1. The largest absolute Gasteiger partial charge is 0.336 e. The van der Waals surface area contributed by atoms with Crippen LogP contribution in [0.15, 0.2) is 42.5 Å². The zero-order valence-electron chi connectivity index (χ0n) is 12.1. The monoisotopic (exact) mass is 283 g/mol. The van der Waals surface area contributed by atoms with E-state index in [9.17, 15) is 4.79 Å². The van der Waals surface area contributed by atoms with Gasteiger partial charge in [-0.3, -0.25) is 4.79 Å². The van der Waals surface area contributed by atoms with Crippen molar-refractivity contribution in [2.45, 2.75) is 12.5 Å². The molecule has 1 atom stereocenters. The Morgan fingerprint density at radius 1 is 1.24 bits per heavy atom. The van der Waals surface area contributed by atoms with E-state index in [0.717, 1.165) is 30.6 Å². The summed E-state index contributed by atoms with van der Waals surface area (Å²) < 4.78 is 0. The molecule has 0 bridgehead atoms. The molecule has 21 heavy (non-hydrogen) atoms. The number of benzene rings is 2. The Balaban J connectivity index is 1.83. The summed E-state index contributed by atoms with van der Waals surface area (Å²) in [5.41, 5.74) is 6.87. The topological polar surface area (TPSA) is 58.4 Å². The summed E-state index contributed by atoms with van der Waals surface area (Å²) in [6, 6.07) is 14.5. The summed E-state index contributed by atoms with van der Waals surface area (Å²) in [7, 11) is 0. The lowest BCUT2D eigenvalue weighted by atomic mass is 10.0. The van der Waals surface area contributed by atoms with Gasteiger partial charge < -0.3 is 16.0 Å². The zero-order chi connectivity index (χ0) is 14.7. The van der Waals surface area contributed by atoms with Crippen LogP contribution in [0.1, 0.15) is 5.56 Å². The minimum absolute atomic E-state index is 0.112. The second kappa shape index (κ2) is 6.24. The first kappa shape index (κ1) is 14.0. The van der Waals surface area contributed by atoms with Crippen LogP contribution >= 0.6 is 0 Å². The highest BCUT2D eigenvalue weighted by Gasteiger charge is 2.25. The average molecular weight is 283 g/mol. The lowest BCUT2D eigenvalue weighted by molar-refractivity contribution is -0.133. The molecule has 0 aromatic heterocycles. The van der Waals surface area contributed by atoms with Crippen molar-refractivity contribution in [2.75, 3.05) is 26.2 Å². The summed E-state index contributed by atoms with van der Waals surface area (Å²) in [5.74, 6) is 0.170. The molecule has 1 aliphatic heterocycles. The second-order valence-electron chi connectivity index (χ2n) is 5.50. The Morgan fingerprint density at radius 2 is 2.05 bits per heavy atom. The third kappa shape index (κ3) is 2.91. The minimum atomic E-state index is 0.112. The van der Waals surface area contributed by atoms with E-state index in [4.69, 9.17) is 5.73 Å². The van der Waals surface area contributed by atoms with Crippen LogP contribution < -0.4 is 11.1 Å². The van der Waals surface area contributed by atoms with E-state index < -0.39 is 0 Å². The van der Waals surface area contributed by atoms with Gasteiger partial charge in [-0.25, -0.2) is 0 Å². The molecule has 1 heterocycles. The molecule has 3 N–H and O–H groups in total.